The van der Waals surface area contributed by atoms with Gasteiger partial charge in [-0.25, -0.2) is 4.68 Å². The Bertz CT molecular complexity index is 568. The van der Waals surface area contributed by atoms with Crippen LogP contribution in [0.15, 0.2) is 16.9 Å². The summed E-state index contributed by atoms with van der Waals surface area (Å²) in [5.74, 6) is 1.21. The van der Waals surface area contributed by atoms with Gasteiger partial charge in [-0.1, -0.05) is 0 Å². The molecule has 4 rings (SSSR count). The Morgan fingerprint density at radius 3 is 2.50 bits per heavy atom. The van der Waals surface area contributed by atoms with Crippen LogP contribution in [-0.4, -0.2) is 58.8 Å². The molecule has 0 N–H and O–H groups in total. The zero-order valence-electron chi connectivity index (χ0n) is 13.3. The third-order valence-corrected chi connectivity index (χ3v) is 5.28. The maximum atomic E-state index is 12.0. The molecule has 3 fully saturated rings. The van der Waals surface area contributed by atoms with Crippen molar-refractivity contribution >= 4 is 0 Å². The lowest BCUT2D eigenvalue weighted by atomic mass is 10.0. The predicted molar refractivity (Wildman–Crippen MR) is 86.1 cm³/mol. The molecule has 0 spiro atoms. The quantitative estimate of drug-likeness (QED) is 0.790. The van der Waals surface area contributed by atoms with Gasteiger partial charge in [0.1, 0.15) is 0 Å². The fraction of sp³-hybridized carbons (Fsp3) is 0.765. The van der Waals surface area contributed by atoms with Crippen LogP contribution in [-0.2, 0) is 6.54 Å². The molecule has 2 aliphatic heterocycles. The molecule has 1 aromatic heterocycles. The van der Waals surface area contributed by atoms with Crippen molar-refractivity contribution in [3.8, 4) is 0 Å². The summed E-state index contributed by atoms with van der Waals surface area (Å²) in [5.41, 5.74) is 1.17. The van der Waals surface area contributed by atoms with Gasteiger partial charge < -0.3 is 9.80 Å². The highest BCUT2D eigenvalue weighted by atomic mass is 16.1. The van der Waals surface area contributed by atoms with Crippen molar-refractivity contribution in [1.29, 1.82) is 0 Å². The highest BCUT2D eigenvalue weighted by molar-refractivity contribution is 5.12. The number of hydrogen-bond donors (Lipinski definition) is 0. The largest absolute Gasteiger partial charge is 0.302 e. The van der Waals surface area contributed by atoms with Gasteiger partial charge in [-0.05, 0) is 44.8 Å². The van der Waals surface area contributed by atoms with Gasteiger partial charge in [0.15, 0.2) is 0 Å². The van der Waals surface area contributed by atoms with E-state index in [1.165, 1.54) is 51.9 Å². The van der Waals surface area contributed by atoms with Gasteiger partial charge in [0.25, 0.3) is 5.56 Å². The molecule has 0 unspecified atom stereocenters. The zero-order chi connectivity index (χ0) is 14.9. The van der Waals surface area contributed by atoms with Crippen LogP contribution in [0, 0.1) is 5.92 Å². The van der Waals surface area contributed by atoms with E-state index in [9.17, 15) is 4.79 Å². The standard InChI is InChI=1S/C17H26N4O/c22-17-6-5-16(15-3-4-15)18-21(17)13-14-11-20(12-14)10-9-19-7-1-2-8-19/h5-6,14-15H,1-4,7-13H2. The average Bonchev–Trinajstić information content (AvgIpc) is 3.20. The number of hydrogen-bond acceptors (Lipinski definition) is 4. The van der Waals surface area contributed by atoms with E-state index in [4.69, 9.17) is 0 Å². The van der Waals surface area contributed by atoms with Crippen molar-refractivity contribution in [3.63, 3.8) is 0 Å². The second-order valence-electron chi connectivity index (χ2n) is 7.23. The third kappa shape index (κ3) is 3.25. The normalized spacial score (nSPS) is 23.8. The van der Waals surface area contributed by atoms with E-state index in [-0.39, 0.29) is 5.56 Å². The van der Waals surface area contributed by atoms with E-state index in [0.29, 0.717) is 11.8 Å². The van der Waals surface area contributed by atoms with Crippen LogP contribution >= 0.6 is 0 Å². The lowest BCUT2D eigenvalue weighted by Crippen LogP contribution is -2.51. The van der Waals surface area contributed by atoms with Crippen LogP contribution in [0.1, 0.15) is 37.3 Å². The minimum absolute atomic E-state index is 0.0555. The molecule has 0 aromatic carbocycles. The lowest BCUT2D eigenvalue weighted by Gasteiger charge is -2.40. The Morgan fingerprint density at radius 1 is 1.05 bits per heavy atom. The molecular formula is C17H26N4O. The van der Waals surface area contributed by atoms with Crippen molar-refractivity contribution in [2.75, 3.05) is 39.3 Å². The van der Waals surface area contributed by atoms with Gasteiger partial charge in [-0.3, -0.25) is 4.79 Å². The van der Waals surface area contributed by atoms with Gasteiger partial charge in [-0.2, -0.15) is 5.10 Å². The Kier molecular flexibility index (Phi) is 4.01. The second kappa shape index (κ2) is 6.13. The maximum Gasteiger partial charge on any atom is 0.266 e. The number of nitrogens with zero attached hydrogens (tertiary/aromatic N) is 4. The molecule has 2 saturated heterocycles. The van der Waals surface area contributed by atoms with E-state index >= 15 is 0 Å². The topological polar surface area (TPSA) is 41.4 Å². The monoisotopic (exact) mass is 302 g/mol. The second-order valence-corrected chi connectivity index (χ2v) is 7.23. The molecule has 120 valence electrons. The van der Waals surface area contributed by atoms with Gasteiger partial charge in [-0.15, -0.1) is 0 Å². The first-order chi connectivity index (χ1) is 10.8. The number of aromatic nitrogens is 2. The summed E-state index contributed by atoms with van der Waals surface area (Å²) in [7, 11) is 0. The summed E-state index contributed by atoms with van der Waals surface area (Å²) in [6.45, 7) is 7.99. The molecular weight excluding hydrogens is 276 g/mol. The Labute approximate surface area is 131 Å². The Hall–Kier alpha value is -1.20. The highest BCUT2D eigenvalue weighted by Gasteiger charge is 2.29. The van der Waals surface area contributed by atoms with E-state index in [0.717, 1.165) is 25.3 Å². The fourth-order valence-electron chi connectivity index (χ4n) is 3.70. The third-order valence-electron chi connectivity index (χ3n) is 5.28. The molecule has 1 saturated carbocycles. The van der Waals surface area contributed by atoms with Gasteiger partial charge in [0.2, 0.25) is 0 Å². The first kappa shape index (κ1) is 14.4. The predicted octanol–water partition coefficient (Wildman–Crippen LogP) is 1.15. The molecule has 5 heteroatoms. The highest BCUT2D eigenvalue weighted by Crippen LogP contribution is 2.38. The van der Waals surface area contributed by atoms with Crippen LogP contribution in [0.25, 0.3) is 0 Å². The zero-order valence-corrected chi connectivity index (χ0v) is 13.3. The van der Waals surface area contributed by atoms with Crippen molar-refractivity contribution in [2.24, 2.45) is 5.92 Å². The summed E-state index contributed by atoms with van der Waals surface area (Å²) in [5, 5.41) is 4.57. The molecule has 0 atom stereocenters. The summed E-state index contributed by atoms with van der Waals surface area (Å²) in [6, 6.07) is 3.62. The summed E-state index contributed by atoms with van der Waals surface area (Å²) < 4.78 is 1.70. The van der Waals surface area contributed by atoms with Gasteiger partial charge in [0, 0.05) is 44.1 Å². The van der Waals surface area contributed by atoms with Crippen molar-refractivity contribution in [3.05, 3.63) is 28.2 Å². The lowest BCUT2D eigenvalue weighted by molar-refractivity contribution is 0.0744. The van der Waals surface area contributed by atoms with Crippen LogP contribution in [0.5, 0.6) is 0 Å². The molecule has 5 nitrogen and oxygen atoms in total. The van der Waals surface area contributed by atoms with Crippen molar-refractivity contribution in [1.82, 2.24) is 19.6 Å². The maximum absolute atomic E-state index is 12.0. The number of rotatable bonds is 6. The van der Waals surface area contributed by atoms with Gasteiger partial charge in [0.05, 0.1) is 12.2 Å². The minimum atomic E-state index is 0.0555. The van der Waals surface area contributed by atoms with Crippen LogP contribution in [0.4, 0.5) is 0 Å². The molecule has 1 aliphatic carbocycles. The SMILES string of the molecule is O=c1ccc(C2CC2)nn1CC1CN(CCN2CCCC2)C1. The Morgan fingerprint density at radius 2 is 1.77 bits per heavy atom. The van der Waals surface area contributed by atoms with Crippen LogP contribution in [0.3, 0.4) is 0 Å². The smallest absolute Gasteiger partial charge is 0.266 e. The number of likely N-dealkylation sites (tertiary alicyclic amines) is 2. The van der Waals surface area contributed by atoms with Gasteiger partial charge >= 0.3 is 0 Å². The van der Waals surface area contributed by atoms with E-state index in [1.54, 1.807) is 10.7 Å². The molecule has 0 bridgehead atoms. The summed E-state index contributed by atoms with van der Waals surface area (Å²) >= 11 is 0. The fourth-order valence-corrected chi connectivity index (χ4v) is 3.70. The minimum Gasteiger partial charge on any atom is -0.302 e. The first-order valence-electron chi connectivity index (χ1n) is 8.81. The van der Waals surface area contributed by atoms with E-state index in [1.807, 2.05) is 6.07 Å². The molecule has 0 amide bonds. The molecule has 3 heterocycles. The summed E-state index contributed by atoms with van der Waals surface area (Å²) in [4.78, 5) is 17.0. The van der Waals surface area contributed by atoms with E-state index in [2.05, 4.69) is 14.9 Å². The molecule has 22 heavy (non-hydrogen) atoms. The molecule has 1 aromatic rings. The van der Waals surface area contributed by atoms with Crippen LogP contribution < -0.4 is 5.56 Å². The average molecular weight is 302 g/mol. The molecule has 0 radical (unpaired) electrons. The van der Waals surface area contributed by atoms with Crippen molar-refractivity contribution < 1.29 is 0 Å². The summed E-state index contributed by atoms with van der Waals surface area (Å²) in [6.07, 6.45) is 5.21. The Balaban J connectivity index is 1.25. The first-order valence-corrected chi connectivity index (χ1v) is 8.81. The van der Waals surface area contributed by atoms with Crippen molar-refractivity contribution in [2.45, 2.75) is 38.1 Å². The van der Waals surface area contributed by atoms with Crippen LogP contribution in [0.2, 0.25) is 0 Å². The van der Waals surface area contributed by atoms with E-state index < -0.39 is 0 Å². The molecule has 3 aliphatic rings.